The van der Waals surface area contributed by atoms with Crippen LogP contribution in [0.25, 0.3) is 0 Å². The van der Waals surface area contributed by atoms with E-state index in [0.717, 1.165) is 28.9 Å². The fraction of sp³-hybridized carbons (Fsp3) is 0.400. The summed E-state index contributed by atoms with van der Waals surface area (Å²) in [5.41, 5.74) is 0.826. The van der Waals surface area contributed by atoms with Crippen LogP contribution in [0.15, 0.2) is 48.5 Å². The molecule has 0 unspecified atom stereocenters. The van der Waals surface area contributed by atoms with E-state index in [1.165, 1.54) is 0 Å². The van der Waals surface area contributed by atoms with Gasteiger partial charge in [-0.1, -0.05) is 36.4 Å². The Labute approximate surface area is 192 Å². The molecule has 0 aromatic heterocycles. The molecule has 1 saturated heterocycles. The summed E-state index contributed by atoms with van der Waals surface area (Å²) < 4.78 is 11.7. The smallest absolute Gasteiger partial charge is 0.325 e. The average molecular weight is 450 g/mol. The van der Waals surface area contributed by atoms with Crippen molar-refractivity contribution in [3.63, 3.8) is 0 Å². The number of nitrogens with one attached hydrogen (secondary N) is 1. The molecular formula is C25H27N3O5. The molecule has 2 aromatic carbocycles. The van der Waals surface area contributed by atoms with E-state index >= 15 is 0 Å². The van der Waals surface area contributed by atoms with Crippen LogP contribution in [0.4, 0.5) is 4.79 Å². The summed E-state index contributed by atoms with van der Waals surface area (Å²) in [6.07, 6.45) is 1.87. The van der Waals surface area contributed by atoms with Gasteiger partial charge in [0.05, 0.1) is 6.54 Å². The van der Waals surface area contributed by atoms with Gasteiger partial charge in [0.25, 0.3) is 5.91 Å². The average Bonchev–Trinajstić information content (AvgIpc) is 3.07. The van der Waals surface area contributed by atoms with Gasteiger partial charge in [0.2, 0.25) is 5.91 Å². The quantitative estimate of drug-likeness (QED) is 0.709. The van der Waals surface area contributed by atoms with E-state index in [4.69, 9.17) is 9.47 Å². The summed E-state index contributed by atoms with van der Waals surface area (Å²) in [6, 6.07) is 14.6. The van der Waals surface area contributed by atoms with Crippen molar-refractivity contribution in [1.82, 2.24) is 15.1 Å². The van der Waals surface area contributed by atoms with Gasteiger partial charge in [0.1, 0.15) is 18.7 Å². The molecule has 1 N–H and O–H groups in total. The lowest BCUT2D eigenvalue weighted by molar-refractivity contribution is -0.140. The highest BCUT2D eigenvalue weighted by Gasteiger charge is 2.54. The first kappa shape index (κ1) is 21.3. The summed E-state index contributed by atoms with van der Waals surface area (Å²) in [6.45, 7) is 2.62. The standard InChI is InChI=1S/C25H27N3O5/c1-2-27(14-18-16-32-20-11-5-6-12-21(20)33-18)22(29)15-28-23(30)25(26-24(28)31)13-7-9-17-8-3-4-10-19(17)25/h3-6,8,10-12,18H,2,7,9,13-16H2,1H3,(H,26,31)/t18-,25+/m1/s1. The zero-order chi connectivity index (χ0) is 23.0. The summed E-state index contributed by atoms with van der Waals surface area (Å²) in [5, 5.41) is 2.90. The number of amides is 4. The van der Waals surface area contributed by atoms with Crippen LogP contribution in [0.1, 0.15) is 30.9 Å². The number of para-hydroxylation sites is 2. The predicted molar refractivity (Wildman–Crippen MR) is 120 cm³/mol. The molecule has 0 radical (unpaired) electrons. The van der Waals surface area contributed by atoms with Crippen LogP contribution < -0.4 is 14.8 Å². The van der Waals surface area contributed by atoms with Crippen LogP contribution in [-0.4, -0.2) is 60.0 Å². The second-order valence-electron chi connectivity index (χ2n) is 8.67. The zero-order valence-corrected chi connectivity index (χ0v) is 18.6. The van der Waals surface area contributed by atoms with Gasteiger partial charge in [0, 0.05) is 6.54 Å². The fourth-order valence-corrected chi connectivity index (χ4v) is 5.00. The van der Waals surface area contributed by atoms with Crippen LogP contribution in [0.5, 0.6) is 11.5 Å². The van der Waals surface area contributed by atoms with Crippen molar-refractivity contribution >= 4 is 17.8 Å². The van der Waals surface area contributed by atoms with Crippen molar-refractivity contribution in [1.29, 1.82) is 0 Å². The number of nitrogens with zero attached hydrogens (tertiary/aromatic N) is 2. The van der Waals surface area contributed by atoms with Crippen LogP contribution in [0, 0.1) is 0 Å². The number of benzene rings is 2. The minimum absolute atomic E-state index is 0.299. The number of carbonyl (C=O) groups is 3. The number of urea groups is 1. The maximum absolute atomic E-state index is 13.5. The van der Waals surface area contributed by atoms with Gasteiger partial charge in [-0.25, -0.2) is 4.79 Å². The molecule has 0 bridgehead atoms. The molecule has 33 heavy (non-hydrogen) atoms. The largest absolute Gasteiger partial charge is 0.486 e. The Balaban J connectivity index is 1.28. The third-order valence-corrected chi connectivity index (χ3v) is 6.67. The second kappa shape index (κ2) is 8.42. The first-order chi connectivity index (χ1) is 16.0. The Bertz CT molecular complexity index is 1100. The van der Waals surface area contributed by atoms with Crippen LogP contribution in [0.3, 0.4) is 0 Å². The molecule has 1 spiro atoms. The molecule has 3 aliphatic rings. The minimum Gasteiger partial charge on any atom is -0.486 e. The van der Waals surface area contributed by atoms with Gasteiger partial charge in [-0.2, -0.15) is 0 Å². The Kier molecular flexibility index (Phi) is 5.44. The monoisotopic (exact) mass is 449 g/mol. The molecule has 2 aromatic rings. The van der Waals surface area contributed by atoms with E-state index in [0.29, 0.717) is 37.6 Å². The van der Waals surface area contributed by atoms with Gasteiger partial charge >= 0.3 is 6.03 Å². The maximum atomic E-state index is 13.5. The van der Waals surface area contributed by atoms with Crippen molar-refractivity contribution in [2.45, 2.75) is 37.8 Å². The van der Waals surface area contributed by atoms with E-state index in [1.54, 1.807) is 4.90 Å². The Morgan fingerprint density at radius 2 is 1.91 bits per heavy atom. The summed E-state index contributed by atoms with van der Waals surface area (Å²) >= 11 is 0. The molecule has 2 aliphatic heterocycles. The van der Waals surface area contributed by atoms with Crippen molar-refractivity contribution in [3.05, 3.63) is 59.7 Å². The van der Waals surface area contributed by atoms with Gasteiger partial charge < -0.3 is 19.7 Å². The summed E-state index contributed by atoms with van der Waals surface area (Å²) in [5.74, 6) is 0.671. The fourth-order valence-electron chi connectivity index (χ4n) is 5.00. The maximum Gasteiger partial charge on any atom is 0.325 e. The van der Waals surface area contributed by atoms with Crippen LogP contribution >= 0.6 is 0 Å². The lowest BCUT2D eigenvalue weighted by Crippen LogP contribution is -2.49. The molecule has 0 saturated carbocycles. The van der Waals surface area contributed by atoms with Crippen LogP contribution in [0.2, 0.25) is 0 Å². The van der Waals surface area contributed by atoms with E-state index in [2.05, 4.69) is 5.32 Å². The lowest BCUT2D eigenvalue weighted by Gasteiger charge is -2.33. The second-order valence-corrected chi connectivity index (χ2v) is 8.67. The summed E-state index contributed by atoms with van der Waals surface area (Å²) in [4.78, 5) is 42.0. The number of aryl methyl sites for hydroxylation is 1. The van der Waals surface area contributed by atoms with Gasteiger partial charge in [-0.15, -0.1) is 0 Å². The minimum atomic E-state index is -1.08. The molecule has 2 heterocycles. The molecule has 4 amide bonds. The topological polar surface area (TPSA) is 88.2 Å². The first-order valence-electron chi connectivity index (χ1n) is 11.4. The Morgan fingerprint density at radius 3 is 2.73 bits per heavy atom. The van der Waals surface area contributed by atoms with Gasteiger partial charge in [-0.05, 0) is 49.4 Å². The molecule has 1 aliphatic carbocycles. The highest BCUT2D eigenvalue weighted by atomic mass is 16.6. The number of fused-ring (bicyclic) bond motifs is 3. The molecule has 5 rings (SSSR count). The third-order valence-electron chi connectivity index (χ3n) is 6.67. The van der Waals surface area contributed by atoms with E-state index < -0.39 is 11.6 Å². The van der Waals surface area contributed by atoms with Crippen molar-refractivity contribution in [3.8, 4) is 11.5 Å². The Hall–Kier alpha value is -3.55. The van der Waals surface area contributed by atoms with Crippen molar-refractivity contribution in [2.75, 3.05) is 26.2 Å². The molecule has 2 atom stereocenters. The number of ether oxygens (including phenoxy) is 2. The summed E-state index contributed by atoms with van der Waals surface area (Å²) in [7, 11) is 0. The molecule has 172 valence electrons. The van der Waals surface area contributed by atoms with Crippen molar-refractivity contribution < 1.29 is 23.9 Å². The van der Waals surface area contributed by atoms with Crippen LogP contribution in [-0.2, 0) is 21.5 Å². The third kappa shape index (κ3) is 3.69. The SMILES string of the molecule is CCN(C[C@@H]1COc2ccccc2O1)C(=O)CN1C(=O)N[C@]2(CCCc3ccccc32)C1=O. The Morgan fingerprint density at radius 1 is 1.15 bits per heavy atom. The van der Waals surface area contributed by atoms with E-state index in [-0.39, 0.29) is 24.5 Å². The number of hydrogen-bond donors (Lipinski definition) is 1. The van der Waals surface area contributed by atoms with E-state index in [1.807, 2.05) is 55.5 Å². The normalized spacial score (nSPS) is 23.3. The number of imide groups is 1. The molecule has 8 nitrogen and oxygen atoms in total. The molecule has 8 heteroatoms. The number of likely N-dealkylation sites (N-methyl/N-ethyl adjacent to an activating group) is 1. The predicted octanol–water partition coefficient (Wildman–Crippen LogP) is 2.46. The van der Waals surface area contributed by atoms with E-state index in [9.17, 15) is 14.4 Å². The lowest BCUT2D eigenvalue weighted by atomic mass is 9.76. The number of hydrogen-bond acceptors (Lipinski definition) is 5. The highest BCUT2D eigenvalue weighted by Crippen LogP contribution is 2.40. The molecule has 1 fully saturated rings. The van der Waals surface area contributed by atoms with Crippen molar-refractivity contribution in [2.24, 2.45) is 0 Å². The number of rotatable bonds is 5. The van der Waals surface area contributed by atoms with Gasteiger partial charge in [0.15, 0.2) is 17.6 Å². The highest BCUT2D eigenvalue weighted by molar-refractivity contribution is 6.09. The number of carbonyl (C=O) groups excluding carboxylic acids is 3. The first-order valence-corrected chi connectivity index (χ1v) is 11.4. The molecular weight excluding hydrogens is 422 g/mol. The van der Waals surface area contributed by atoms with Gasteiger partial charge in [-0.3, -0.25) is 14.5 Å². The zero-order valence-electron chi connectivity index (χ0n) is 18.6.